The molecule has 0 saturated carbocycles. The quantitative estimate of drug-likeness (QED) is 0.598. The van der Waals surface area contributed by atoms with Gasteiger partial charge in [0, 0.05) is 16.6 Å². The molecular formula is C23H25NO5. The van der Waals surface area contributed by atoms with Gasteiger partial charge in [0.2, 0.25) is 5.76 Å². The average molecular weight is 395 g/mol. The van der Waals surface area contributed by atoms with Gasteiger partial charge in [-0.05, 0) is 63.9 Å². The van der Waals surface area contributed by atoms with Crippen molar-refractivity contribution < 1.29 is 23.5 Å². The van der Waals surface area contributed by atoms with Crippen LogP contribution in [-0.2, 0) is 9.53 Å². The molecule has 0 aliphatic rings. The number of aryl methyl sites for hydroxylation is 3. The molecule has 0 aliphatic heterocycles. The molecule has 6 nitrogen and oxygen atoms in total. The van der Waals surface area contributed by atoms with E-state index >= 15 is 0 Å². The fraction of sp³-hybridized carbons (Fsp3) is 0.304. The predicted molar refractivity (Wildman–Crippen MR) is 112 cm³/mol. The first-order valence-corrected chi connectivity index (χ1v) is 9.55. The summed E-state index contributed by atoms with van der Waals surface area (Å²) in [5.41, 5.74) is 3.81. The maximum atomic E-state index is 12.6. The van der Waals surface area contributed by atoms with E-state index in [0.717, 1.165) is 22.2 Å². The highest BCUT2D eigenvalue weighted by Crippen LogP contribution is 2.29. The fourth-order valence-corrected chi connectivity index (χ4v) is 3.16. The van der Waals surface area contributed by atoms with Crippen molar-refractivity contribution in [3.05, 3.63) is 58.8 Å². The van der Waals surface area contributed by atoms with E-state index in [1.54, 1.807) is 19.1 Å². The van der Waals surface area contributed by atoms with E-state index in [0.29, 0.717) is 23.5 Å². The van der Waals surface area contributed by atoms with Crippen LogP contribution in [-0.4, -0.2) is 24.6 Å². The van der Waals surface area contributed by atoms with Gasteiger partial charge >= 0.3 is 5.97 Å². The van der Waals surface area contributed by atoms with Gasteiger partial charge in [-0.15, -0.1) is 0 Å². The zero-order valence-corrected chi connectivity index (χ0v) is 17.3. The van der Waals surface area contributed by atoms with Crippen LogP contribution < -0.4 is 10.1 Å². The van der Waals surface area contributed by atoms with Crippen molar-refractivity contribution in [1.29, 1.82) is 0 Å². The molecule has 1 amide bonds. The Balaban J connectivity index is 1.75. The van der Waals surface area contributed by atoms with Crippen molar-refractivity contribution in [3.8, 4) is 5.75 Å². The molecule has 0 spiro atoms. The van der Waals surface area contributed by atoms with Crippen molar-refractivity contribution in [3.63, 3.8) is 0 Å². The Morgan fingerprint density at radius 1 is 1.10 bits per heavy atom. The molecule has 0 aliphatic carbocycles. The summed E-state index contributed by atoms with van der Waals surface area (Å²) in [5, 5.41) is 3.61. The van der Waals surface area contributed by atoms with E-state index in [2.05, 4.69) is 5.32 Å². The number of fused-ring (bicyclic) bond motifs is 1. The number of benzene rings is 2. The summed E-state index contributed by atoms with van der Waals surface area (Å²) in [6.45, 7) is 9.58. The first kappa shape index (κ1) is 20.5. The number of nitrogens with one attached hydrogen (secondary N) is 1. The first-order chi connectivity index (χ1) is 13.8. The smallest absolute Gasteiger partial charge is 0.375 e. The van der Waals surface area contributed by atoms with E-state index < -0.39 is 18.0 Å². The van der Waals surface area contributed by atoms with Gasteiger partial charge in [-0.3, -0.25) is 4.79 Å². The number of amides is 1. The van der Waals surface area contributed by atoms with E-state index in [1.165, 1.54) is 6.92 Å². The Bertz CT molecular complexity index is 1050. The molecule has 1 heterocycles. The molecule has 3 rings (SSSR count). The normalized spacial score (nSPS) is 11.9. The lowest BCUT2D eigenvalue weighted by Crippen LogP contribution is -2.30. The molecular weight excluding hydrogens is 370 g/mol. The molecule has 3 aromatic rings. The molecule has 0 radical (unpaired) electrons. The molecule has 1 atom stereocenters. The Labute approximate surface area is 169 Å². The number of ether oxygens (including phenoxy) is 2. The number of hydrogen-bond donors (Lipinski definition) is 1. The molecule has 0 bridgehead atoms. The van der Waals surface area contributed by atoms with Gasteiger partial charge in [0.25, 0.3) is 5.91 Å². The molecule has 1 aromatic heterocycles. The van der Waals surface area contributed by atoms with Crippen LogP contribution in [0.4, 0.5) is 5.69 Å². The number of hydrogen-bond acceptors (Lipinski definition) is 5. The van der Waals surface area contributed by atoms with Crippen molar-refractivity contribution in [1.82, 2.24) is 0 Å². The number of carbonyl (C=O) groups excluding carboxylic acids is 2. The zero-order chi connectivity index (χ0) is 21.1. The molecule has 152 valence electrons. The van der Waals surface area contributed by atoms with Gasteiger partial charge in [0.15, 0.2) is 6.10 Å². The van der Waals surface area contributed by atoms with Crippen LogP contribution in [0.25, 0.3) is 11.0 Å². The number of para-hydroxylation sites is 1. The van der Waals surface area contributed by atoms with E-state index in [4.69, 9.17) is 13.9 Å². The lowest BCUT2D eigenvalue weighted by molar-refractivity contribution is -0.123. The van der Waals surface area contributed by atoms with Crippen LogP contribution in [0.2, 0.25) is 0 Å². The van der Waals surface area contributed by atoms with Crippen molar-refractivity contribution in [2.24, 2.45) is 0 Å². The Morgan fingerprint density at radius 3 is 2.45 bits per heavy atom. The second-order valence-electron chi connectivity index (χ2n) is 6.95. The lowest BCUT2D eigenvalue weighted by Gasteiger charge is -2.15. The third-order valence-corrected chi connectivity index (χ3v) is 4.79. The molecule has 0 unspecified atom stereocenters. The monoisotopic (exact) mass is 395 g/mol. The molecule has 1 N–H and O–H groups in total. The maximum absolute atomic E-state index is 12.6. The van der Waals surface area contributed by atoms with Gasteiger partial charge in [0.1, 0.15) is 11.3 Å². The standard InChI is InChI=1S/C23H25NO5/c1-6-27-17-10-11-19-18(12-17)15(4)21(29-19)23(26)28-16(5)22(25)24-20-13(2)8-7-9-14(20)3/h7-12,16H,6H2,1-5H3,(H,24,25)/t16-/m0/s1. The zero-order valence-electron chi connectivity index (χ0n) is 17.3. The highest BCUT2D eigenvalue weighted by atomic mass is 16.6. The molecule has 0 fully saturated rings. The number of anilines is 1. The Hall–Kier alpha value is -3.28. The van der Waals surface area contributed by atoms with Crippen LogP contribution in [0, 0.1) is 20.8 Å². The lowest BCUT2D eigenvalue weighted by atomic mass is 10.1. The Kier molecular flexibility index (Phi) is 5.92. The number of rotatable bonds is 6. The highest BCUT2D eigenvalue weighted by Gasteiger charge is 2.25. The van der Waals surface area contributed by atoms with Gasteiger partial charge in [-0.1, -0.05) is 18.2 Å². The first-order valence-electron chi connectivity index (χ1n) is 9.55. The topological polar surface area (TPSA) is 77.8 Å². The molecule has 29 heavy (non-hydrogen) atoms. The number of esters is 1. The van der Waals surface area contributed by atoms with Crippen LogP contribution in [0.5, 0.6) is 5.75 Å². The fourth-order valence-electron chi connectivity index (χ4n) is 3.16. The molecule has 0 saturated heterocycles. The average Bonchev–Trinajstić information content (AvgIpc) is 3.01. The van der Waals surface area contributed by atoms with Crippen LogP contribution in [0.15, 0.2) is 40.8 Å². The van der Waals surface area contributed by atoms with Gasteiger partial charge < -0.3 is 19.2 Å². The second-order valence-corrected chi connectivity index (χ2v) is 6.95. The summed E-state index contributed by atoms with van der Waals surface area (Å²) in [6.07, 6.45) is -0.979. The minimum atomic E-state index is -0.979. The van der Waals surface area contributed by atoms with Crippen LogP contribution in [0.3, 0.4) is 0 Å². The van der Waals surface area contributed by atoms with Gasteiger partial charge in [-0.25, -0.2) is 4.79 Å². The van der Waals surface area contributed by atoms with Crippen molar-refractivity contribution in [2.45, 2.75) is 40.7 Å². The van der Waals surface area contributed by atoms with Gasteiger partial charge in [0.05, 0.1) is 6.61 Å². The summed E-state index contributed by atoms with van der Waals surface area (Å²) >= 11 is 0. The summed E-state index contributed by atoms with van der Waals surface area (Å²) < 4.78 is 16.5. The minimum Gasteiger partial charge on any atom is -0.494 e. The number of furan rings is 1. The third-order valence-electron chi connectivity index (χ3n) is 4.79. The molecule has 6 heteroatoms. The van der Waals surface area contributed by atoms with Crippen LogP contribution >= 0.6 is 0 Å². The maximum Gasteiger partial charge on any atom is 0.375 e. The van der Waals surface area contributed by atoms with E-state index in [9.17, 15) is 9.59 Å². The van der Waals surface area contributed by atoms with E-state index in [1.807, 2.05) is 45.0 Å². The highest BCUT2D eigenvalue weighted by molar-refractivity contribution is 6.00. The summed E-state index contributed by atoms with van der Waals surface area (Å²) in [7, 11) is 0. The Morgan fingerprint density at radius 2 is 1.79 bits per heavy atom. The second kappa shape index (κ2) is 8.39. The van der Waals surface area contributed by atoms with Crippen molar-refractivity contribution in [2.75, 3.05) is 11.9 Å². The largest absolute Gasteiger partial charge is 0.494 e. The third kappa shape index (κ3) is 4.26. The predicted octanol–water partition coefficient (Wildman–Crippen LogP) is 4.94. The van der Waals surface area contributed by atoms with Gasteiger partial charge in [-0.2, -0.15) is 0 Å². The van der Waals surface area contributed by atoms with E-state index in [-0.39, 0.29) is 5.76 Å². The minimum absolute atomic E-state index is 0.0837. The SMILES string of the molecule is CCOc1ccc2oc(C(=O)O[C@@H](C)C(=O)Nc3c(C)cccc3C)c(C)c2c1. The van der Waals surface area contributed by atoms with Crippen LogP contribution in [0.1, 0.15) is 41.1 Å². The summed E-state index contributed by atoms with van der Waals surface area (Å²) in [6, 6.07) is 11.1. The molecule has 2 aromatic carbocycles. The summed E-state index contributed by atoms with van der Waals surface area (Å²) in [5.74, 6) is -0.297. The number of carbonyl (C=O) groups is 2. The summed E-state index contributed by atoms with van der Waals surface area (Å²) in [4.78, 5) is 25.1. The van der Waals surface area contributed by atoms with Crippen molar-refractivity contribution >= 4 is 28.5 Å².